The van der Waals surface area contributed by atoms with Gasteiger partial charge in [-0.05, 0) is 91.8 Å². The van der Waals surface area contributed by atoms with Crippen LogP contribution in [0.3, 0.4) is 0 Å². The summed E-state index contributed by atoms with van der Waals surface area (Å²) in [5, 5.41) is 24.0. The Balaban J connectivity index is 1.48. The predicted octanol–water partition coefficient (Wildman–Crippen LogP) is 2.49. The minimum Gasteiger partial charge on any atom is -0.391 e. The Kier molecular flexibility index (Phi) is 11.0. The molecule has 4 N–H and O–H groups in total. The van der Waals surface area contributed by atoms with E-state index in [0.29, 0.717) is 17.7 Å². The number of aliphatic hydroxyl groups excluding tert-OH is 2. The molecule has 0 aliphatic rings. The number of aryl methyl sites for hydroxylation is 1. The first-order valence-electron chi connectivity index (χ1n) is 12.4. The summed E-state index contributed by atoms with van der Waals surface area (Å²) in [4.78, 5) is 40.3. The second-order valence-electron chi connectivity index (χ2n) is 8.73. The number of ketones is 1. The van der Waals surface area contributed by atoms with E-state index in [0.717, 1.165) is 24.0 Å². The SMILES string of the molecule is C[C@@H](O)[C@H](NC(=O)c1ccc(C#CC#Cc2ccc(NC(=O)CCCc3cccnc3)cc2)cc1)C(=O)CO. The van der Waals surface area contributed by atoms with E-state index in [-0.39, 0.29) is 11.5 Å². The third-order valence-corrected chi connectivity index (χ3v) is 5.66. The largest absolute Gasteiger partial charge is 0.391 e. The summed E-state index contributed by atoms with van der Waals surface area (Å²) in [6.07, 6.45) is 4.35. The maximum Gasteiger partial charge on any atom is 0.251 e. The molecule has 0 aliphatic carbocycles. The number of aliphatic hydroxyl groups is 2. The number of aromatic nitrogens is 1. The molecule has 2 amide bonds. The summed E-state index contributed by atoms with van der Waals surface area (Å²) in [6.45, 7) is 0.582. The fraction of sp³-hybridized carbons (Fsp3) is 0.226. The van der Waals surface area contributed by atoms with Crippen molar-refractivity contribution in [1.82, 2.24) is 10.3 Å². The highest BCUT2D eigenvalue weighted by atomic mass is 16.3. The van der Waals surface area contributed by atoms with E-state index < -0.39 is 30.4 Å². The van der Waals surface area contributed by atoms with Gasteiger partial charge in [-0.1, -0.05) is 17.9 Å². The summed E-state index contributed by atoms with van der Waals surface area (Å²) in [7, 11) is 0. The third-order valence-electron chi connectivity index (χ3n) is 5.66. The lowest BCUT2D eigenvalue weighted by atomic mass is 10.1. The van der Waals surface area contributed by atoms with Gasteiger partial charge in [0.1, 0.15) is 12.6 Å². The van der Waals surface area contributed by atoms with Crippen LogP contribution >= 0.6 is 0 Å². The number of benzene rings is 2. The zero-order chi connectivity index (χ0) is 28.0. The molecular weight excluding hydrogens is 494 g/mol. The van der Waals surface area contributed by atoms with Crippen LogP contribution in [0.25, 0.3) is 0 Å². The number of Topliss-reactive ketones (excluding diaryl/α,β-unsaturated/α-hetero) is 1. The molecule has 8 heteroatoms. The number of nitrogens with one attached hydrogen (secondary N) is 2. The predicted molar refractivity (Wildman–Crippen MR) is 147 cm³/mol. The van der Waals surface area contributed by atoms with Crippen molar-refractivity contribution in [3.05, 3.63) is 95.3 Å². The normalized spacial score (nSPS) is 11.6. The first-order valence-corrected chi connectivity index (χ1v) is 12.4. The van der Waals surface area contributed by atoms with E-state index >= 15 is 0 Å². The molecule has 0 aliphatic heterocycles. The molecule has 2 atom stereocenters. The minimum atomic E-state index is -1.19. The molecular formula is C31H29N3O5. The Morgan fingerprint density at radius 3 is 2.15 bits per heavy atom. The van der Waals surface area contributed by atoms with Crippen molar-refractivity contribution >= 4 is 23.3 Å². The monoisotopic (exact) mass is 523 g/mol. The summed E-state index contributed by atoms with van der Waals surface area (Å²) >= 11 is 0. The highest BCUT2D eigenvalue weighted by molar-refractivity contribution is 5.98. The van der Waals surface area contributed by atoms with Gasteiger partial charge in [-0.25, -0.2) is 0 Å². The van der Waals surface area contributed by atoms with E-state index in [1.165, 1.54) is 6.92 Å². The van der Waals surface area contributed by atoms with Crippen LogP contribution in [-0.2, 0) is 16.0 Å². The minimum absolute atomic E-state index is 0.0477. The maximum atomic E-state index is 12.4. The molecule has 0 bridgehead atoms. The molecule has 198 valence electrons. The number of amides is 2. The Morgan fingerprint density at radius 1 is 0.949 bits per heavy atom. The molecule has 0 unspecified atom stereocenters. The second-order valence-corrected chi connectivity index (χ2v) is 8.73. The molecule has 2 aromatic carbocycles. The number of carbonyl (C=O) groups excluding carboxylic acids is 3. The Hall–Kier alpha value is -4.76. The first kappa shape index (κ1) is 28.8. The van der Waals surface area contributed by atoms with E-state index in [9.17, 15) is 19.5 Å². The van der Waals surface area contributed by atoms with E-state index in [4.69, 9.17) is 5.11 Å². The molecule has 3 aromatic rings. The van der Waals surface area contributed by atoms with Gasteiger partial charge in [-0.15, -0.1) is 0 Å². The van der Waals surface area contributed by atoms with Crippen molar-refractivity contribution in [2.45, 2.75) is 38.3 Å². The molecule has 39 heavy (non-hydrogen) atoms. The highest BCUT2D eigenvalue weighted by Gasteiger charge is 2.25. The number of pyridine rings is 1. The molecule has 3 rings (SSSR count). The van der Waals surface area contributed by atoms with Crippen LogP contribution in [0, 0.1) is 23.7 Å². The van der Waals surface area contributed by atoms with Crippen LogP contribution < -0.4 is 10.6 Å². The van der Waals surface area contributed by atoms with Crippen molar-refractivity contribution < 1.29 is 24.6 Å². The Labute approximate surface area is 227 Å². The number of anilines is 1. The quantitative estimate of drug-likeness (QED) is 0.302. The zero-order valence-corrected chi connectivity index (χ0v) is 21.5. The van der Waals surface area contributed by atoms with Crippen molar-refractivity contribution in [3.8, 4) is 23.7 Å². The van der Waals surface area contributed by atoms with E-state index in [2.05, 4.69) is 39.3 Å². The van der Waals surface area contributed by atoms with Crippen molar-refractivity contribution in [2.24, 2.45) is 0 Å². The van der Waals surface area contributed by atoms with Gasteiger partial charge in [0.15, 0.2) is 5.78 Å². The summed E-state index contributed by atoms with van der Waals surface area (Å²) in [5.74, 6) is 10.1. The van der Waals surface area contributed by atoms with Crippen LogP contribution in [0.4, 0.5) is 5.69 Å². The standard InChI is InChI=1S/C31H29N3O5/c1-22(36)30(28(37)21-35)34-31(39)26-15-11-23(12-16-26)6-2-3-7-24-13-17-27(18-14-24)33-29(38)10-4-8-25-9-5-19-32-20-25/h5,9,11-20,22,30,35-36H,4,8,10,21H2,1H3,(H,33,38)(H,34,39)/t22-,30+/m1/s1. The van der Waals surface area contributed by atoms with Crippen molar-refractivity contribution in [1.29, 1.82) is 0 Å². The smallest absolute Gasteiger partial charge is 0.251 e. The fourth-order valence-corrected chi connectivity index (χ4v) is 3.56. The lowest BCUT2D eigenvalue weighted by Gasteiger charge is -2.19. The van der Waals surface area contributed by atoms with Crippen LogP contribution in [0.5, 0.6) is 0 Å². The molecule has 1 aromatic heterocycles. The molecule has 8 nitrogen and oxygen atoms in total. The molecule has 0 saturated carbocycles. The van der Waals surface area contributed by atoms with Gasteiger partial charge < -0.3 is 20.8 Å². The van der Waals surface area contributed by atoms with Crippen LogP contribution in [-0.4, -0.2) is 51.5 Å². The second kappa shape index (κ2) is 14.8. The average molecular weight is 524 g/mol. The van der Waals surface area contributed by atoms with Gasteiger partial charge in [0.05, 0.1) is 6.10 Å². The van der Waals surface area contributed by atoms with Crippen LogP contribution in [0.1, 0.15) is 46.8 Å². The number of hydrogen-bond acceptors (Lipinski definition) is 6. The summed E-state index contributed by atoms with van der Waals surface area (Å²) in [6, 6.07) is 16.2. The van der Waals surface area contributed by atoms with Crippen LogP contribution in [0.15, 0.2) is 73.1 Å². The number of rotatable bonds is 10. The summed E-state index contributed by atoms with van der Waals surface area (Å²) in [5.41, 5.74) is 3.47. The number of carbonyl (C=O) groups is 3. The maximum absolute atomic E-state index is 12.4. The van der Waals surface area contributed by atoms with Gasteiger partial charge in [-0.3, -0.25) is 19.4 Å². The molecule has 0 spiro atoms. The number of nitrogens with zero attached hydrogens (tertiary/aromatic N) is 1. The lowest BCUT2D eigenvalue weighted by molar-refractivity contribution is -0.126. The van der Waals surface area contributed by atoms with E-state index in [1.807, 2.05) is 12.1 Å². The van der Waals surface area contributed by atoms with E-state index in [1.54, 1.807) is 60.9 Å². The summed E-state index contributed by atoms with van der Waals surface area (Å²) < 4.78 is 0. The van der Waals surface area contributed by atoms with Gasteiger partial charge in [-0.2, -0.15) is 0 Å². The van der Waals surface area contributed by atoms with Crippen molar-refractivity contribution in [3.63, 3.8) is 0 Å². The number of hydrogen-bond donors (Lipinski definition) is 4. The van der Waals surface area contributed by atoms with Crippen LogP contribution in [0.2, 0.25) is 0 Å². The lowest BCUT2D eigenvalue weighted by Crippen LogP contribution is -2.48. The molecule has 0 radical (unpaired) electrons. The molecule has 0 saturated heterocycles. The molecule has 1 heterocycles. The zero-order valence-electron chi connectivity index (χ0n) is 21.5. The third kappa shape index (κ3) is 9.56. The highest BCUT2D eigenvalue weighted by Crippen LogP contribution is 2.11. The Bertz CT molecular complexity index is 1390. The van der Waals surface area contributed by atoms with Gasteiger partial charge in [0, 0.05) is 41.2 Å². The fourth-order valence-electron chi connectivity index (χ4n) is 3.56. The van der Waals surface area contributed by atoms with Gasteiger partial charge >= 0.3 is 0 Å². The Morgan fingerprint density at radius 2 is 1.59 bits per heavy atom. The average Bonchev–Trinajstić information content (AvgIpc) is 2.95. The van der Waals surface area contributed by atoms with Gasteiger partial charge in [0.25, 0.3) is 5.91 Å². The van der Waals surface area contributed by atoms with Crippen molar-refractivity contribution in [2.75, 3.05) is 11.9 Å². The topological polar surface area (TPSA) is 129 Å². The molecule has 0 fully saturated rings. The van der Waals surface area contributed by atoms with Gasteiger partial charge in [0.2, 0.25) is 5.91 Å². The first-order chi connectivity index (χ1) is 18.9.